The van der Waals surface area contributed by atoms with E-state index in [1.54, 1.807) is 0 Å². The minimum atomic E-state index is -0.736. The molecular weight excluding hydrogens is 244 g/mol. The molecule has 0 amide bonds. The molecule has 0 saturated heterocycles. The molecule has 5 nitrogen and oxygen atoms in total. The molecule has 2 saturated carbocycles. The summed E-state index contributed by atoms with van der Waals surface area (Å²) in [4.78, 5) is 15.7. The average Bonchev–Trinajstić information content (AvgIpc) is 3.08. The van der Waals surface area contributed by atoms with Gasteiger partial charge in [0.1, 0.15) is 0 Å². The van der Waals surface area contributed by atoms with Crippen LogP contribution in [0.5, 0.6) is 0 Å². The zero-order chi connectivity index (χ0) is 13.2. The van der Waals surface area contributed by atoms with E-state index in [4.69, 9.17) is 4.52 Å². The number of carboxylic acids is 1. The Morgan fingerprint density at radius 1 is 1.11 bits per heavy atom. The molecule has 19 heavy (non-hydrogen) atoms. The molecule has 5 heteroatoms. The lowest BCUT2D eigenvalue weighted by atomic mass is 9.89. The molecule has 0 bridgehead atoms. The second kappa shape index (κ2) is 5.31. The van der Waals surface area contributed by atoms with Gasteiger partial charge in [-0.15, -0.1) is 0 Å². The molecule has 1 N–H and O–H groups in total. The van der Waals surface area contributed by atoms with E-state index in [1.165, 1.54) is 19.3 Å². The van der Waals surface area contributed by atoms with Crippen molar-refractivity contribution in [3.05, 3.63) is 11.7 Å². The molecule has 1 aromatic heterocycles. The first-order valence-electron chi connectivity index (χ1n) is 7.32. The van der Waals surface area contributed by atoms with Crippen LogP contribution in [-0.4, -0.2) is 21.2 Å². The van der Waals surface area contributed by atoms with E-state index in [2.05, 4.69) is 10.1 Å². The standard InChI is InChI=1S/C14H20N2O3/c17-14(18)11-8-4-7-10(11)13-15-12(16-19-13)9-5-2-1-3-6-9/h9-11H,1-8H2,(H,17,18). The summed E-state index contributed by atoms with van der Waals surface area (Å²) in [7, 11) is 0. The van der Waals surface area contributed by atoms with E-state index in [0.717, 1.165) is 37.9 Å². The van der Waals surface area contributed by atoms with E-state index in [1.807, 2.05) is 0 Å². The van der Waals surface area contributed by atoms with Crippen LogP contribution in [0.25, 0.3) is 0 Å². The third-order valence-electron chi connectivity index (χ3n) is 4.58. The summed E-state index contributed by atoms with van der Waals surface area (Å²) in [6.07, 6.45) is 8.53. The van der Waals surface area contributed by atoms with Crippen LogP contribution >= 0.6 is 0 Å². The van der Waals surface area contributed by atoms with Crippen molar-refractivity contribution < 1.29 is 14.4 Å². The molecule has 2 aliphatic carbocycles. The Bertz CT molecular complexity index is 451. The van der Waals surface area contributed by atoms with Crippen molar-refractivity contribution in [3.63, 3.8) is 0 Å². The van der Waals surface area contributed by atoms with Gasteiger partial charge in [-0.25, -0.2) is 0 Å². The maximum atomic E-state index is 11.2. The highest BCUT2D eigenvalue weighted by Gasteiger charge is 2.38. The van der Waals surface area contributed by atoms with Crippen LogP contribution in [0.3, 0.4) is 0 Å². The van der Waals surface area contributed by atoms with E-state index in [-0.39, 0.29) is 11.8 Å². The average molecular weight is 264 g/mol. The van der Waals surface area contributed by atoms with Gasteiger partial charge in [0.25, 0.3) is 0 Å². The molecule has 2 atom stereocenters. The van der Waals surface area contributed by atoms with Gasteiger partial charge in [-0.05, 0) is 25.7 Å². The van der Waals surface area contributed by atoms with Gasteiger partial charge in [-0.2, -0.15) is 4.98 Å². The molecule has 0 aromatic carbocycles. The minimum Gasteiger partial charge on any atom is -0.481 e. The molecule has 104 valence electrons. The monoisotopic (exact) mass is 264 g/mol. The Hall–Kier alpha value is -1.39. The smallest absolute Gasteiger partial charge is 0.307 e. The highest BCUT2D eigenvalue weighted by molar-refractivity contribution is 5.71. The number of carbonyl (C=O) groups is 1. The maximum absolute atomic E-state index is 11.2. The predicted octanol–water partition coefficient (Wildman–Crippen LogP) is 3.09. The molecule has 2 unspecified atom stereocenters. The number of hydrogen-bond acceptors (Lipinski definition) is 4. The Morgan fingerprint density at radius 3 is 2.63 bits per heavy atom. The molecule has 2 aliphatic rings. The van der Waals surface area contributed by atoms with Crippen molar-refractivity contribution in [2.45, 2.75) is 63.2 Å². The van der Waals surface area contributed by atoms with Crippen LogP contribution < -0.4 is 0 Å². The third-order valence-corrected chi connectivity index (χ3v) is 4.58. The fraction of sp³-hybridized carbons (Fsp3) is 0.786. The Labute approximate surface area is 112 Å². The molecule has 3 rings (SSSR count). The van der Waals surface area contributed by atoms with E-state index >= 15 is 0 Å². The Morgan fingerprint density at radius 2 is 1.89 bits per heavy atom. The van der Waals surface area contributed by atoms with Crippen LogP contribution in [0, 0.1) is 5.92 Å². The highest BCUT2D eigenvalue weighted by Crippen LogP contribution is 2.40. The van der Waals surface area contributed by atoms with Crippen molar-refractivity contribution in [2.24, 2.45) is 5.92 Å². The predicted molar refractivity (Wildman–Crippen MR) is 67.8 cm³/mol. The summed E-state index contributed by atoms with van der Waals surface area (Å²) in [6.45, 7) is 0. The molecule has 2 fully saturated rings. The van der Waals surface area contributed by atoms with Crippen molar-refractivity contribution in [2.75, 3.05) is 0 Å². The summed E-state index contributed by atoms with van der Waals surface area (Å²) in [5.74, 6) is 0.592. The first-order valence-corrected chi connectivity index (χ1v) is 7.32. The number of carboxylic acid groups (broad SMARTS) is 1. The quantitative estimate of drug-likeness (QED) is 0.907. The number of aliphatic carboxylic acids is 1. The van der Waals surface area contributed by atoms with E-state index in [9.17, 15) is 9.90 Å². The number of nitrogens with zero attached hydrogens (tertiary/aromatic N) is 2. The van der Waals surface area contributed by atoms with Crippen molar-refractivity contribution >= 4 is 5.97 Å². The minimum absolute atomic E-state index is 0.0812. The summed E-state index contributed by atoms with van der Waals surface area (Å²) < 4.78 is 5.36. The summed E-state index contributed by atoms with van der Waals surface area (Å²) >= 11 is 0. The fourth-order valence-corrected chi connectivity index (χ4v) is 3.48. The van der Waals surface area contributed by atoms with Crippen LogP contribution in [-0.2, 0) is 4.79 Å². The SMILES string of the molecule is O=C(O)C1CCCC1c1nc(C2CCCCC2)no1. The number of hydrogen-bond donors (Lipinski definition) is 1. The van der Waals surface area contributed by atoms with Crippen molar-refractivity contribution in [3.8, 4) is 0 Å². The first kappa shape index (κ1) is 12.6. The lowest BCUT2D eigenvalue weighted by molar-refractivity contribution is -0.142. The Balaban J connectivity index is 1.75. The normalized spacial score (nSPS) is 28.6. The van der Waals surface area contributed by atoms with Crippen LogP contribution in [0.15, 0.2) is 4.52 Å². The van der Waals surface area contributed by atoms with E-state index in [0.29, 0.717) is 11.8 Å². The van der Waals surface area contributed by atoms with E-state index < -0.39 is 5.97 Å². The summed E-state index contributed by atoms with van der Waals surface area (Å²) in [6, 6.07) is 0. The van der Waals surface area contributed by atoms with Gasteiger partial charge in [0.05, 0.1) is 11.8 Å². The lowest BCUT2D eigenvalue weighted by Crippen LogP contribution is -2.17. The fourth-order valence-electron chi connectivity index (χ4n) is 3.48. The van der Waals surface area contributed by atoms with Crippen LogP contribution in [0.2, 0.25) is 0 Å². The molecule has 0 aliphatic heterocycles. The van der Waals surface area contributed by atoms with Gasteiger partial charge in [-0.1, -0.05) is 30.8 Å². The van der Waals surface area contributed by atoms with Crippen molar-refractivity contribution in [1.82, 2.24) is 10.1 Å². The lowest BCUT2D eigenvalue weighted by Gasteiger charge is -2.17. The van der Waals surface area contributed by atoms with Gasteiger partial charge in [-0.3, -0.25) is 4.79 Å². The second-order valence-electron chi connectivity index (χ2n) is 5.81. The summed E-state index contributed by atoms with van der Waals surface area (Å²) in [5, 5.41) is 13.3. The van der Waals surface area contributed by atoms with Gasteiger partial charge in [0.2, 0.25) is 5.89 Å². The molecular formula is C14H20N2O3. The van der Waals surface area contributed by atoms with Gasteiger partial charge in [0.15, 0.2) is 5.82 Å². The molecule has 0 radical (unpaired) electrons. The largest absolute Gasteiger partial charge is 0.481 e. The van der Waals surface area contributed by atoms with Gasteiger partial charge < -0.3 is 9.63 Å². The van der Waals surface area contributed by atoms with Crippen molar-refractivity contribution in [1.29, 1.82) is 0 Å². The maximum Gasteiger partial charge on any atom is 0.307 e. The van der Waals surface area contributed by atoms with Gasteiger partial charge in [0, 0.05) is 5.92 Å². The van der Waals surface area contributed by atoms with Gasteiger partial charge >= 0.3 is 5.97 Å². The molecule has 1 heterocycles. The molecule has 0 spiro atoms. The Kier molecular flexibility index (Phi) is 3.53. The summed E-state index contributed by atoms with van der Waals surface area (Å²) in [5.41, 5.74) is 0. The third kappa shape index (κ3) is 2.51. The highest BCUT2D eigenvalue weighted by atomic mass is 16.5. The first-order chi connectivity index (χ1) is 9.25. The zero-order valence-electron chi connectivity index (χ0n) is 11.0. The number of rotatable bonds is 3. The molecule has 1 aromatic rings. The number of aromatic nitrogens is 2. The zero-order valence-corrected chi connectivity index (χ0v) is 11.0. The van der Waals surface area contributed by atoms with Crippen LogP contribution in [0.1, 0.15) is 74.9 Å². The topological polar surface area (TPSA) is 76.2 Å². The second-order valence-corrected chi connectivity index (χ2v) is 5.81. The van der Waals surface area contributed by atoms with Crippen LogP contribution in [0.4, 0.5) is 0 Å².